The van der Waals surface area contributed by atoms with Crippen molar-refractivity contribution >= 4 is 0 Å². The molecule has 3 nitrogen and oxygen atoms in total. The Labute approximate surface area is 120 Å². The van der Waals surface area contributed by atoms with Gasteiger partial charge in [0, 0.05) is 12.1 Å². The molecule has 3 heteroatoms. The van der Waals surface area contributed by atoms with Crippen LogP contribution in [0.1, 0.15) is 11.1 Å². The van der Waals surface area contributed by atoms with E-state index < -0.39 is 0 Å². The number of methoxy groups -OCH3 is 2. The van der Waals surface area contributed by atoms with Gasteiger partial charge in [-0.3, -0.25) is 0 Å². The molecule has 0 aliphatic heterocycles. The van der Waals surface area contributed by atoms with Gasteiger partial charge in [0.1, 0.15) is 11.5 Å². The summed E-state index contributed by atoms with van der Waals surface area (Å²) in [4.78, 5) is 0. The molecule has 106 valence electrons. The van der Waals surface area contributed by atoms with Crippen LogP contribution in [0.2, 0.25) is 0 Å². The molecule has 0 saturated heterocycles. The van der Waals surface area contributed by atoms with Crippen LogP contribution in [0.4, 0.5) is 0 Å². The van der Waals surface area contributed by atoms with Gasteiger partial charge >= 0.3 is 0 Å². The fourth-order valence-electron chi connectivity index (χ4n) is 2.13. The highest BCUT2D eigenvalue weighted by molar-refractivity contribution is 5.33. The highest BCUT2D eigenvalue weighted by atomic mass is 16.5. The summed E-state index contributed by atoms with van der Waals surface area (Å²) in [5, 5.41) is 3.44. The Morgan fingerprint density at radius 1 is 0.950 bits per heavy atom. The molecule has 0 bridgehead atoms. The Balaban J connectivity index is 1.81. The summed E-state index contributed by atoms with van der Waals surface area (Å²) < 4.78 is 10.6. The third-order valence-corrected chi connectivity index (χ3v) is 3.23. The zero-order valence-electron chi connectivity index (χ0n) is 12.1. The van der Waals surface area contributed by atoms with Crippen LogP contribution in [0.3, 0.4) is 0 Å². The van der Waals surface area contributed by atoms with Crippen molar-refractivity contribution in [1.82, 2.24) is 5.32 Å². The van der Waals surface area contributed by atoms with E-state index in [1.54, 1.807) is 14.2 Å². The van der Waals surface area contributed by atoms with Gasteiger partial charge in [-0.2, -0.15) is 0 Å². The van der Waals surface area contributed by atoms with Crippen molar-refractivity contribution in [3.63, 3.8) is 0 Å². The predicted octanol–water partition coefficient (Wildman–Crippen LogP) is 3.04. The Morgan fingerprint density at radius 2 is 1.80 bits per heavy atom. The number of hydrogen-bond donors (Lipinski definition) is 1. The standard InChI is InChI=1S/C17H21NO2/c1-19-16-8-5-6-14(12-16)10-11-18-13-15-7-3-4-9-17(15)20-2/h3-9,12,18H,10-11,13H2,1-2H3. The van der Waals surface area contributed by atoms with Gasteiger partial charge in [0.2, 0.25) is 0 Å². The van der Waals surface area contributed by atoms with Crippen LogP contribution in [0.5, 0.6) is 11.5 Å². The minimum Gasteiger partial charge on any atom is -0.497 e. The van der Waals surface area contributed by atoms with Gasteiger partial charge < -0.3 is 14.8 Å². The van der Waals surface area contributed by atoms with Gasteiger partial charge in [0.15, 0.2) is 0 Å². The van der Waals surface area contributed by atoms with E-state index in [4.69, 9.17) is 9.47 Å². The second-order valence-corrected chi connectivity index (χ2v) is 4.59. The maximum absolute atomic E-state index is 5.33. The highest BCUT2D eigenvalue weighted by Gasteiger charge is 2.01. The molecule has 0 spiro atoms. The van der Waals surface area contributed by atoms with Crippen LogP contribution in [0, 0.1) is 0 Å². The van der Waals surface area contributed by atoms with E-state index in [-0.39, 0.29) is 0 Å². The molecule has 0 aromatic heterocycles. The first kappa shape index (κ1) is 14.4. The van der Waals surface area contributed by atoms with E-state index in [9.17, 15) is 0 Å². The molecule has 0 atom stereocenters. The van der Waals surface area contributed by atoms with E-state index in [0.29, 0.717) is 0 Å². The van der Waals surface area contributed by atoms with Gasteiger partial charge in [-0.25, -0.2) is 0 Å². The topological polar surface area (TPSA) is 30.5 Å². The third-order valence-electron chi connectivity index (χ3n) is 3.23. The molecule has 2 aromatic rings. The molecule has 0 fully saturated rings. The molecule has 0 aliphatic rings. The third kappa shape index (κ3) is 4.00. The lowest BCUT2D eigenvalue weighted by molar-refractivity contribution is 0.407. The maximum atomic E-state index is 5.33. The lowest BCUT2D eigenvalue weighted by Gasteiger charge is -2.09. The van der Waals surface area contributed by atoms with Crippen molar-refractivity contribution in [1.29, 1.82) is 0 Å². The lowest BCUT2D eigenvalue weighted by Crippen LogP contribution is -2.17. The molecule has 1 N–H and O–H groups in total. The fraction of sp³-hybridized carbons (Fsp3) is 0.294. The summed E-state index contributed by atoms with van der Waals surface area (Å²) in [7, 11) is 3.40. The monoisotopic (exact) mass is 271 g/mol. The summed E-state index contributed by atoms with van der Waals surface area (Å²) in [5.74, 6) is 1.84. The van der Waals surface area contributed by atoms with Gasteiger partial charge in [0.25, 0.3) is 0 Å². The molecule has 2 aromatic carbocycles. The summed E-state index contributed by atoms with van der Waals surface area (Å²) in [5.41, 5.74) is 2.46. The van der Waals surface area contributed by atoms with Crippen LogP contribution in [0.25, 0.3) is 0 Å². The molecular formula is C17H21NO2. The van der Waals surface area contributed by atoms with Crippen LogP contribution < -0.4 is 14.8 Å². The summed E-state index contributed by atoms with van der Waals surface area (Å²) in [6, 6.07) is 16.3. The molecule has 0 saturated carbocycles. The second kappa shape index (κ2) is 7.56. The van der Waals surface area contributed by atoms with Crippen LogP contribution >= 0.6 is 0 Å². The van der Waals surface area contributed by atoms with Crippen LogP contribution in [0.15, 0.2) is 48.5 Å². The first-order valence-electron chi connectivity index (χ1n) is 6.79. The Morgan fingerprint density at radius 3 is 2.60 bits per heavy atom. The Bertz CT molecular complexity index is 540. The van der Waals surface area contributed by atoms with Crippen molar-refractivity contribution in [3.05, 3.63) is 59.7 Å². The van der Waals surface area contributed by atoms with E-state index in [1.807, 2.05) is 30.3 Å². The molecule has 0 heterocycles. The molecule has 0 unspecified atom stereocenters. The number of benzene rings is 2. The van der Waals surface area contributed by atoms with Gasteiger partial charge in [-0.15, -0.1) is 0 Å². The van der Waals surface area contributed by atoms with E-state index in [1.165, 1.54) is 11.1 Å². The molecular weight excluding hydrogens is 250 g/mol. The van der Waals surface area contributed by atoms with E-state index in [2.05, 4.69) is 23.5 Å². The number of rotatable bonds is 7. The molecule has 2 rings (SSSR count). The zero-order valence-corrected chi connectivity index (χ0v) is 12.1. The number of nitrogens with one attached hydrogen (secondary N) is 1. The zero-order chi connectivity index (χ0) is 14.2. The molecule has 20 heavy (non-hydrogen) atoms. The first-order valence-corrected chi connectivity index (χ1v) is 6.79. The van der Waals surface area contributed by atoms with E-state index >= 15 is 0 Å². The van der Waals surface area contributed by atoms with Crippen molar-refractivity contribution in [2.45, 2.75) is 13.0 Å². The number of hydrogen-bond acceptors (Lipinski definition) is 3. The maximum Gasteiger partial charge on any atom is 0.123 e. The minimum absolute atomic E-state index is 0.813. The number of para-hydroxylation sites is 1. The summed E-state index contributed by atoms with van der Waals surface area (Å²) in [6.45, 7) is 1.74. The normalized spacial score (nSPS) is 10.3. The summed E-state index contributed by atoms with van der Waals surface area (Å²) >= 11 is 0. The van der Waals surface area contributed by atoms with Crippen molar-refractivity contribution in [2.24, 2.45) is 0 Å². The quantitative estimate of drug-likeness (QED) is 0.785. The van der Waals surface area contributed by atoms with Crippen molar-refractivity contribution in [3.8, 4) is 11.5 Å². The Hall–Kier alpha value is -2.00. The number of ether oxygens (including phenoxy) is 2. The van der Waals surface area contributed by atoms with Gasteiger partial charge in [0.05, 0.1) is 14.2 Å². The highest BCUT2D eigenvalue weighted by Crippen LogP contribution is 2.17. The summed E-state index contributed by atoms with van der Waals surface area (Å²) in [6.07, 6.45) is 0.979. The Kier molecular flexibility index (Phi) is 5.44. The van der Waals surface area contributed by atoms with Gasteiger partial charge in [-0.1, -0.05) is 30.3 Å². The van der Waals surface area contributed by atoms with Crippen molar-refractivity contribution in [2.75, 3.05) is 20.8 Å². The molecule has 0 aliphatic carbocycles. The minimum atomic E-state index is 0.813. The average molecular weight is 271 g/mol. The lowest BCUT2D eigenvalue weighted by atomic mass is 10.1. The largest absolute Gasteiger partial charge is 0.497 e. The second-order valence-electron chi connectivity index (χ2n) is 4.59. The fourth-order valence-corrected chi connectivity index (χ4v) is 2.13. The van der Waals surface area contributed by atoms with Crippen LogP contribution in [-0.2, 0) is 13.0 Å². The average Bonchev–Trinajstić information content (AvgIpc) is 2.52. The predicted molar refractivity (Wildman–Crippen MR) is 81.4 cm³/mol. The molecule has 0 amide bonds. The smallest absolute Gasteiger partial charge is 0.123 e. The first-order chi connectivity index (χ1) is 9.83. The van der Waals surface area contributed by atoms with E-state index in [0.717, 1.165) is 31.0 Å². The van der Waals surface area contributed by atoms with Crippen LogP contribution in [-0.4, -0.2) is 20.8 Å². The SMILES string of the molecule is COc1cccc(CCNCc2ccccc2OC)c1. The molecule has 0 radical (unpaired) electrons. The van der Waals surface area contributed by atoms with Crippen molar-refractivity contribution < 1.29 is 9.47 Å². The van der Waals surface area contributed by atoms with Gasteiger partial charge in [-0.05, 0) is 36.7 Å².